The standard InChI is InChI=1S/C7H13NO2/c1-3-7(10)4-5-8(2)6(7)9/h10H,3-5H2,1-2H3. The molecule has 1 N–H and O–H groups in total. The van der Waals surface area contributed by atoms with Gasteiger partial charge >= 0.3 is 0 Å². The second-order valence-electron chi connectivity index (χ2n) is 2.86. The van der Waals surface area contributed by atoms with Gasteiger partial charge in [0.25, 0.3) is 5.91 Å². The average molecular weight is 143 g/mol. The van der Waals surface area contributed by atoms with Crippen LogP contribution in [0.5, 0.6) is 0 Å². The molecule has 0 aromatic rings. The van der Waals surface area contributed by atoms with E-state index in [0.29, 0.717) is 19.4 Å². The Balaban J connectivity index is 2.73. The number of carbonyl (C=O) groups excluding carboxylic acids is 1. The zero-order valence-corrected chi connectivity index (χ0v) is 6.42. The number of hydrogen-bond acceptors (Lipinski definition) is 2. The largest absolute Gasteiger partial charge is 0.380 e. The van der Waals surface area contributed by atoms with Crippen molar-refractivity contribution >= 4 is 5.91 Å². The minimum Gasteiger partial charge on any atom is -0.380 e. The molecule has 1 atom stereocenters. The lowest BCUT2D eigenvalue weighted by atomic mass is 10.00. The van der Waals surface area contributed by atoms with E-state index in [1.165, 1.54) is 0 Å². The average Bonchev–Trinajstić information content (AvgIpc) is 2.19. The third-order valence-electron chi connectivity index (χ3n) is 2.19. The first-order chi connectivity index (χ1) is 4.60. The number of aliphatic hydroxyl groups is 1. The molecule has 0 aromatic heterocycles. The maximum atomic E-state index is 11.1. The first-order valence-electron chi connectivity index (χ1n) is 3.58. The van der Waals surface area contributed by atoms with Crippen LogP contribution in [0.3, 0.4) is 0 Å². The predicted molar refractivity (Wildman–Crippen MR) is 37.5 cm³/mol. The van der Waals surface area contributed by atoms with Crippen molar-refractivity contribution in [2.24, 2.45) is 0 Å². The van der Waals surface area contributed by atoms with Gasteiger partial charge in [0.15, 0.2) is 0 Å². The molecule has 1 amide bonds. The summed E-state index contributed by atoms with van der Waals surface area (Å²) in [7, 11) is 1.72. The highest BCUT2D eigenvalue weighted by Gasteiger charge is 2.41. The highest BCUT2D eigenvalue weighted by molar-refractivity contribution is 5.86. The quantitative estimate of drug-likeness (QED) is 0.561. The Morgan fingerprint density at radius 2 is 2.40 bits per heavy atom. The molecular formula is C7H13NO2. The van der Waals surface area contributed by atoms with E-state index in [1.54, 1.807) is 11.9 Å². The molecule has 0 saturated carbocycles. The van der Waals surface area contributed by atoms with Crippen molar-refractivity contribution in [1.29, 1.82) is 0 Å². The fourth-order valence-corrected chi connectivity index (χ4v) is 1.24. The van der Waals surface area contributed by atoms with Gasteiger partial charge in [-0.1, -0.05) is 6.92 Å². The summed E-state index contributed by atoms with van der Waals surface area (Å²) >= 11 is 0. The van der Waals surface area contributed by atoms with Crippen molar-refractivity contribution in [3.05, 3.63) is 0 Å². The van der Waals surface area contributed by atoms with Gasteiger partial charge in [-0.15, -0.1) is 0 Å². The van der Waals surface area contributed by atoms with Gasteiger partial charge in [-0.3, -0.25) is 4.79 Å². The maximum Gasteiger partial charge on any atom is 0.254 e. The number of amides is 1. The third-order valence-corrected chi connectivity index (χ3v) is 2.19. The van der Waals surface area contributed by atoms with Crippen molar-refractivity contribution in [2.45, 2.75) is 25.4 Å². The van der Waals surface area contributed by atoms with Crippen LogP contribution in [0.15, 0.2) is 0 Å². The molecule has 0 aromatic carbocycles. The van der Waals surface area contributed by atoms with E-state index < -0.39 is 5.60 Å². The van der Waals surface area contributed by atoms with Gasteiger partial charge in [-0.2, -0.15) is 0 Å². The summed E-state index contributed by atoms with van der Waals surface area (Å²) in [5.41, 5.74) is -1.05. The molecule has 1 unspecified atom stereocenters. The van der Waals surface area contributed by atoms with Crippen molar-refractivity contribution in [2.75, 3.05) is 13.6 Å². The number of nitrogens with zero attached hydrogens (tertiary/aromatic N) is 1. The molecule has 1 heterocycles. The SMILES string of the molecule is CCC1(O)CCN(C)C1=O. The smallest absolute Gasteiger partial charge is 0.254 e. The first kappa shape index (κ1) is 7.54. The molecule has 1 rings (SSSR count). The van der Waals surface area contributed by atoms with Crippen LogP contribution in [0.25, 0.3) is 0 Å². The molecule has 1 saturated heterocycles. The van der Waals surface area contributed by atoms with Crippen molar-refractivity contribution in [3.8, 4) is 0 Å². The van der Waals surface area contributed by atoms with Gasteiger partial charge in [-0.05, 0) is 6.42 Å². The number of hydrogen-bond donors (Lipinski definition) is 1. The van der Waals surface area contributed by atoms with E-state index in [2.05, 4.69) is 0 Å². The Morgan fingerprint density at radius 1 is 1.80 bits per heavy atom. The van der Waals surface area contributed by atoms with E-state index in [4.69, 9.17) is 0 Å². The fourth-order valence-electron chi connectivity index (χ4n) is 1.24. The highest BCUT2D eigenvalue weighted by Crippen LogP contribution is 2.24. The van der Waals surface area contributed by atoms with Gasteiger partial charge in [0.1, 0.15) is 5.60 Å². The normalized spacial score (nSPS) is 33.5. The molecule has 1 aliphatic rings. The van der Waals surface area contributed by atoms with Crippen LogP contribution < -0.4 is 0 Å². The zero-order chi connectivity index (χ0) is 7.78. The summed E-state index contributed by atoms with van der Waals surface area (Å²) in [6, 6.07) is 0. The van der Waals surface area contributed by atoms with Crippen molar-refractivity contribution in [1.82, 2.24) is 4.90 Å². The molecule has 0 aliphatic carbocycles. The topological polar surface area (TPSA) is 40.5 Å². The van der Waals surface area contributed by atoms with Crippen LogP contribution in [0.2, 0.25) is 0 Å². The summed E-state index contributed by atoms with van der Waals surface area (Å²) in [6.07, 6.45) is 1.11. The summed E-state index contributed by atoms with van der Waals surface area (Å²) in [4.78, 5) is 12.7. The van der Waals surface area contributed by atoms with Crippen LogP contribution >= 0.6 is 0 Å². The van der Waals surface area contributed by atoms with E-state index in [1.807, 2.05) is 6.92 Å². The number of likely N-dealkylation sites (N-methyl/N-ethyl adjacent to an activating group) is 1. The number of rotatable bonds is 1. The van der Waals surface area contributed by atoms with Gasteiger partial charge in [0.2, 0.25) is 0 Å². The summed E-state index contributed by atoms with van der Waals surface area (Å²) in [5.74, 6) is -0.130. The second kappa shape index (κ2) is 2.23. The van der Waals surface area contributed by atoms with E-state index in [9.17, 15) is 9.90 Å². The molecule has 1 fully saturated rings. The van der Waals surface area contributed by atoms with Crippen LogP contribution in [-0.2, 0) is 4.79 Å². The zero-order valence-electron chi connectivity index (χ0n) is 6.42. The molecule has 3 nitrogen and oxygen atoms in total. The number of carbonyl (C=O) groups is 1. The van der Waals surface area contributed by atoms with Crippen LogP contribution in [0.1, 0.15) is 19.8 Å². The molecule has 0 radical (unpaired) electrons. The molecular weight excluding hydrogens is 130 g/mol. The van der Waals surface area contributed by atoms with E-state index in [-0.39, 0.29) is 5.91 Å². The maximum absolute atomic E-state index is 11.1. The van der Waals surface area contributed by atoms with Crippen LogP contribution in [0, 0.1) is 0 Å². The lowest BCUT2D eigenvalue weighted by Gasteiger charge is -2.17. The van der Waals surface area contributed by atoms with Crippen LogP contribution in [-0.4, -0.2) is 35.1 Å². The van der Waals surface area contributed by atoms with Crippen molar-refractivity contribution in [3.63, 3.8) is 0 Å². The first-order valence-corrected chi connectivity index (χ1v) is 3.58. The molecule has 58 valence electrons. The Kier molecular flexibility index (Phi) is 1.68. The minimum atomic E-state index is -1.05. The predicted octanol–water partition coefficient (Wildman–Crippen LogP) is -0.0104. The lowest BCUT2D eigenvalue weighted by Crippen LogP contribution is -2.37. The lowest BCUT2D eigenvalue weighted by molar-refractivity contribution is -0.142. The molecule has 10 heavy (non-hydrogen) atoms. The molecule has 3 heteroatoms. The van der Waals surface area contributed by atoms with Gasteiger partial charge in [0, 0.05) is 20.0 Å². The van der Waals surface area contributed by atoms with Gasteiger partial charge < -0.3 is 10.0 Å². The monoisotopic (exact) mass is 143 g/mol. The Bertz CT molecular complexity index is 158. The van der Waals surface area contributed by atoms with E-state index >= 15 is 0 Å². The molecule has 1 aliphatic heterocycles. The van der Waals surface area contributed by atoms with Gasteiger partial charge in [0.05, 0.1) is 0 Å². The number of likely N-dealkylation sites (tertiary alicyclic amines) is 1. The Labute approximate surface area is 60.6 Å². The Morgan fingerprint density at radius 3 is 2.60 bits per heavy atom. The minimum absolute atomic E-state index is 0.130. The summed E-state index contributed by atoms with van der Waals surface area (Å²) in [6.45, 7) is 2.51. The van der Waals surface area contributed by atoms with Crippen LogP contribution in [0.4, 0.5) is 0 Å². The highest BCUT2D eigenvalue weighted by atomic mass is 16.3. The summed E-state index contributed by atoms with van der Waals surface area (Å²) < 4.78 is 0. The molecule has 0 spiro atoms. The van der Waals surface area contributed by atoms with Crippen molar-refractivity contribution < 1.29 is 9.90 Å². The van der Waals surface area contributed by atoms with Gasteiger partial charge in [-0.25, -0.2) is 0 Å². The fraction of sp³-hybridized carbons (Fsp3) is 0.857. The molecule has 0 bridgehead atoms. The summed E-state index contributed by atoms with van der Waals surface area (Å²) in [5, 5.41) is 9.55. The second-order valence-corrected chi connectivity index (χ2v) is 2.86. The third kappa shape index (κ3) is 0.904. The van der Waals surface area contributed by atoms with E-state index in [0.717, 1.165) is 0 Å². The Hall–Kier alpha value is -0.570.